The summed E-state index contributed by atoms with van der Waals surface area (Å²) in [6.07, 6.45) is 3.61. The molecule has 0 N–H and O–H groups in total. The summed E-state index contributed by atoms with van der Waals surface area (Å²) in [6.45, 7) is 7.22. The van der Waals surface area contributed by atoms with E-state index in [-0.39, 0.29) is 5.91 Å². The van der Waals surface area contributed by atoms with Gasteiger partial charge < -0.3 is 9.80 Å². The van der Waals surface area contributed by atoms with Crippen LogP contribution < -0.4 is 4.90 Å². The van der Waals surface area contributed by atoms with Crippen molar-refractivity contribution in [1.82, 2.24) is 29.5 Å². The molecule has 0 aromatic carbocycles. The minimum atomic E-state index is 0.0282. The lowest BCUT2D eigenvalue weighted by molar-refractivity contribution is 0.0785. The third-order valence-corrected chi connectivity index (χ3v) is 6.69. The Balaban J connectivity index is 1.27. The molecule has 4 aromatic rings. The van der Waals surface area contributed by atoms with E-state index in [1.54, 1.807) is 10.7 Å². The predicted octanol–water partition coefficient (Wildman–Crippen LogP) is 3.01. The molecule has 0 radical (unpaired) electrons. The van der Waals surface area contributed by atoms with Crippen molar-refractivity contribution in [3.8, 4) is 11.4 Å². The van der Waals surface area contributed by atoms with Crippen LogP contribution in [-0.4, -0.2) is 61.6 Å². The van der Waals surface area contributed by atoms with Crippen molar-refractivity contribution in [2.24, 2.45) is 11.8 Å². The summed E-state index contributed by atoms with van der Waals surface area (Å²) in [5, 5.41) is 4.70. The quantitative estimate of drug-likeness (QED) is 0.488. The van der Waals surface area contributed by atoms with Crippen molar-refractivity contribution in [3.05, 3.63) is 71.8 Å². The van der Waals surface area contributed by atoms with E-state index >= 15 is 0 Å². The second kappa shape index (κ2) is 7.65. The lowest BCUT2D eigenvalue weighted by Gasteiger charge is -2.22. The van der Waals surface area contributed by atoms with Gasteiger partial charge in [-0.3, -0.25) is 9.78 Å². The highest BCUT2D eigenvalue weighted by Gasteiger charge is 2.43. The van der Waals surface area contributed by atoms with E-state index in [0.717, 1.165) is 49.0 Å². The number of anilines is 1. The van der Waals surface area contributed by atoms with Gasteiger partial charge in [0.2, 0.25) is 5.95 Å². The molecule has 8 heteroatoms. The van der Waals surface area contributed by atoms with Gasteiger partial charge in [-0.25, -0.2) is 14.5 Å². The Hall–Kier alpha value is -3.81. The Kier molecular flexibility index (Phi) is 4.60. The summed E-state index contributed by atoms with van der Waals surface area (Å²) in [4.78, 5) is 31.8. The van der Waals surface area contributed by atoms with Crippen molar-refractivity contribution in [1.29, 1.82) is 0 Å². The van der Waals surface area contributed by atoms with Gasteiger partial charge in [0.25, 0.3) is 5.91 Å². The van der Waals surface area contributed by atoms with Crippen molar-refractivity contribution >= 4 is 17.4 Å². The van der Waals surface area contributed by atoms with E-state index in [0.29, 0.717) is 28.8 Å². The third-order valence-electron chi connectivity index (χ3n) is 6.69. The zero-order valence-electron chi connectivity index (χ0n) is 18.7. The van der Waals surface area contributed by atoms with Gasteiger partial charge in [-0.2, -0.15) is 5.10 Å². The normalized spacial score (nSPS) is 19.9. The largest absolute Gasteiger partial charge is 0.340 e. The van der Waals surface area contributed by atoms with Crippen LogP contribution in [0.2, 0.25) is 0 Å². The van der Waals surface area contributed by atoms with E-state index in [1.807, 2.05) is 67.4 Å². The van der Waals surface area contributed by atoms with E-state index < -0.39 is 0 Å². The van der Waals surface area contributed by atoms with Crippen LogP contribution >= 0.6 is 0 Å². The smallest absolute Gasteiger partial charge is 0.258 e. The molecule has 0 aliphatic carbocycles. The maximum absolute atomic E-state index is 13.8. The van der Waals surface area contributed by atoms with Crippen LogP contribution in [0.4, 0.5) is 5.95 Å². The Morgan fingerprint density at radius 1 is 0.939 bits per heavy atom. The second-order valence-corrected chi connectivity index (χ2v) is 9.06. The van der Waals surface area contributed by atoms with E-state index in [9.17, 15) is 4.79 Å². The molecule has 0 unspecified atom stereocenters. The Bertz CT molecular complexity index is 1320. The molecule has 4 aromatic heterocycles. The number of carbonyl (C=O) groups is 1. The molecule has 1 amide bonds. The Morgan fingerprint density at radius 3 is 2.36 bits per heavy atom. The summed E-state index contributed by atoms with van der Waals surface area (Å²) in [5.74, 6) is 1.66. The van der Waals surface area contributed by atoms with E-state index in [2.05, 4.69) is 19.9 Å². The van der Waals surface area contributed by atoms with Gasteiger partial charge in [0.05, 0.1) is 16.8 Å². The van der Waals surface area contributed by atoms with E-state index in [4.69, 9.17) is 5.10 Å². The zero-order valence-corrected chi connectivity index (χ0v) is 18.7. The number of hydrogen-bond acceptors (Lipinski definition) is 6. The highest BCUT2D eigenvalue weighted by molar-refractivity contribution is 6.06. The van der Waals surface area contributed by atoms with Crippen LogP contribution in [0.1, 0.15) is 21.7 Å². The average Bonchev–Trinajstić information content (AvgIpc) is 3.50. The van der Waals surface area contributed by atoms with Crippen LogP contribution in [0.25, 0.3) is 16.9 Å². The number of carbonyl (C=O) groups excluding carboxylic acids is 1. The minimum Gasteiger partial charge on any atom is -0.340 e. The fraction of sp³-hybridized carbons (Fsp3) is 0.320. The molecule has 6 heterocycles. The first-order valence-electron chi connectivity index (χ1n) is 11.3. The molecule has 0 bridgehead atoms. The Labute approximate surface area is 191 Å². The molecule has 33 heavy (non-hydrogen) atoms. The molecule has 2 aliphatic heterocycles. The van der Waals surface area contributed by atoms with Crippen molar-refractivity contribution in [2.75, 3.05) is 31.1 Å². The molecular weight excluding hydrogens is 414 g/mol. The summed E-state index contributed by atoms with van der Waals surface area (Å²) >= 11 is 0. The van der Waals surface area contributed by atoms with Crippen molar-refractivity contribution < 1.29 is 4.79 Å². The predicted molar refractivity (Wildman–Crippen MR) is 125 cm³/mol. The number of likely N-dealkylation sites (tertiary alicyclic amines) is 1. The van der Waals surface area contributed by atoms with Crippen LogP contribution in [0.3, 0.4) is 0 Å². The van der Waals surface area contributed by atoms with Crippen LogP contribution in [0.15, 0.2) is 54.9 Å². The summed E-state index contributed by atoms with van der Waals surface area (Å²) in [6, 6.07) is 13.5. The lowest BCUT2D eigenvalue weighted by atomic mass is 10.0. The maximum Gasteiger partial charge on any atom is 0.258 e. The van der Waals surface area contributed by atoms with Crippen molar-refractivity contribution in [3.63, 3.8) is 0 Å². The standard InChI is InChI=1S/C25H25N7O/c1-16-11-17(2)28-25(27-16)31-14-18-12-30(13-19(18)15-31)24(33)22-21-8-4-6-10-32(21)29-23(22)20-7-3-5-9-26-20/h3-11,18-19H,12-15H2,1-2H3/t18-,19+. The first kappa shape index (κ1) is 19.8. The fourth-order valence-corrected chi connectivity index (χ4v) is 5.22. The average molecular weight is 440 g/mol. The highest BCUT2D eigenvalue weighted by Crippen LogP contribution is 2.35. The minimum absolute atomic E-state index is 0.0282. The van der Waals surface area contributed by atoms with Gasteiger partial charge >= 0.3 is 0 Å². The molecule has 2 saturated heterocycles. The monoisotopic (exact) mass is 439 g/mol. The van der Waals surface area contributed by atoms with Gasteiger partial charge in [0, 0.05) is 61.8 Å². The van der Waals surface area contributed by atoms with Gasteiger partial charge in [-0.15, -0.1) is 0 Å². The lowest BCUT2D eigenvalue weighted by Crippen LogP contribution is -2.34. The number of amides is 1. The SMILES string of the molecule is Cc1cc(C)nc(N2C[C@H]3CN(C(=O)c4c(-c5ccccn5)nn5ccccc45)C[C@H]3C2)n1. The summed E-state index contributed by atoms with van der Waals surface area (Å²) in [7, 11) is 0. The Morgan fingerprint density at radius 2 is 1.67 bits per heavy atom. The second-order valence-electron chi connectivity index (χ2n) is 9.06. The van der Waals surface area contributed by atoms with Gasteiger partial charge in [0.15, 0.2) is 0 Å². The van der Waals surface area contributed by atoms with Gasteiger partial charge in [0.1, 0.15) is 5.69 Å². The summed E-state index contributed by atoms with van der Waals surface area (Å²) < 4.78 is 1.77. The molecule has 2 atom stereocenters. The number of aryl methyl sites for hydroxylation is 2. The first-order chi connectivity index (χ1) is 16.1. The number of aromatic nitrogens is 5. The van der Waals surface area contributed by atoms with Crippen LogP contribution in [0.5, 0.6) is 0 Å². The number of hydrogen-bond donors (Lipinski definition) is 0. The number of rotatable bonds is 3. The van der Waals surface area contributed by atoms with Crippen molar-refractivity contribution in [2.45, 2.75) is 13.8 Å². The highest BCUT2D eigenvalue weighted by atomic mass is 16.2. The molecule has 166 valence electrons. The topological polar surface area (TPSA) is 79.5 Å². The fourth-order valence-electron chi connectivity index (χ4n) is 5.22. The molecule has 6 rings (SSSR count). The molecule has 0 spiro atoms. The molecule has 0 saturated carbocycles. The number of fused-ring (bicyclic) bond motifs is 2. The molecular formula is C25H25N7O. The molecule has 2 fully saturated rings. The third kappa shape index (κ3) is 3.42. The summed E-state index contributed by atoms with van der Waals surface area (Å²) in [5.41, 5.74) is 4.76. The van der Waals surface area contributed by atoms with Crippen LogP contribution in [-0.2, 0) is 0 Å². The number of pyridine rings is 2. The number of nitrogens with zero attached hydrogens (tertiary/aromatic N) is 7. The first-order valence-corrected chi connectivity index (χ1v) is 11.3. The van der Waals surface area contributed by atoms with Gasteiger partial charge in [-0.1, -0.05) is 12.1 Å². The van der Waals surface area contributed by atoms with Gasteiger partial charge in [-0.05, 0) is 44.2 Å². The van der Waals surface area contributed by atoms with Crippen LogP contribution in [0, 0.1) is 25.7 Å². The molecule has 2 aliphatic rings. The zero-order chi connectivity index (χ0) is 22.5. The molecule has 8 nitrogen and oxygen atoms in total. The van der Waals surface area contributed by atoms with E-state index in [1.165, 1.54) is 0 Å². The maximum atomic E-state index is 13.8.